The molecule has 0 atom stereocenters. The van der Waals surface area contributed by atoms with Gasteiger partial charge in [-0.15, -0.1) is 11.8 Å². The highest BCUT2D eigenvalue weighted by atomic mass is 35.5. The number of rotatable bonds is 3. The third-order valence-corrected chi connectivity index (χ3v) is 5.85. The number of nitrogens with zero attached hydrogens (tertiary/aromatic N) is 4. The van der Waals surface area contributed by atoms with Crippen molar-refractivity contribution >= 4 is 38.8 Å². The van der Waals surface area contributed by atoms with Gasteiger partial charge in [0.1, 0.15) is 10.2 Å². The van der Waals surface area contributed by atoms with E-state index >= 15 is 0 Å². The lowest BCUT2D eigenvalue weighted by Gasteiger charge is -2.04. The maximum atomic E-state index is 12.9. The summed E-state index contributed by atoms with van der Waals surface area (Å²) < 4.78 is 27.2. The molecule has 0 aliphatic heterocycles. The van der Waals surface area contributed by atoms with Crippen LogP contribution >= 0.6 is 23.4 Å². The van der Waals surface area contributed by atoms with Crippen LogP contribution in [0.15, 0.2) is 45.4 Å². The van der Waals surface area contributed by atoms with E-state index in [0.717, 1.165) is 0 Å². The van der Waals surface area contributed by atoms with Gasteiger partial charge in [0.15, 0.2) is 10.5 Å². The minimum absolute atomic E-state index is 0.0543. The third kappa shape index (κ3) is 2.37. The highest BCUT2D eigenvalue weighted by molar-refractivity contribution is 7.99. The summed E-state index contributed by atoms with van der Waals surface area (Å²) in [5.74, 6) is 0. The van der Waals surface area contributed by atoms with Crippen molar-refractivity contribution in [2.45, 2.75) is 21.7 Å². The summed E-state index contributed by atoms with van der Waals surface area (Å²) in [5.41, 5.74) is 0.839. The van der Waals surface area contributed by atoms with Gasteiger partial charge in [0.2, 0.25) is 9.84 Å². The molecule has 0 radical (unpaired) electrons. The number of fused-ring (bicyclic) bond motifs is 1. The molecular formula is C13H11ClN4O2S2. The van der Waals surface area contributed by atoms with E-state index in [9.17, 15) is 8.42 Å². The van der Waals surface area contributed by atoms with Gasteiger partial charge in [0.05, 0.1) is 4.90 Å². The standard InChI is InChI=1S/C13H11ClN4O2S2/c1-8-6-10(14)18-12(16-8)11(13(17-18)21-2)22(19,20)9-4-3-5-15-7-9/h3-7H,1-2H3. The molecule has 3 aromatic rings. The predicted molar refractivity (Wildman–Crippen MR) is 84.2 cm³/mol. The van der Waals surface area contributed by atoms with E-state index in [0.29, 0.717) is 15.9 Å². The fourth-order valence-corrected chi connectivity index (χ4v) is 4.68. The van der Waals surface area contributed by atoms with Crippen LogP contribution < -0.4 is 0 Å². The molecule has 0 amide bonds. The van der Waals surface area contributed by atoms with Crippen LogP contribution in [-0.4, -0.2) is 34.3 Å². The van der Waals surface area contributed by atoms with Crippen molar-refractivity contribution < 1.29 is 8.42 Å². The van der Waals surface area contributed by atoms with Crippen LogP contribution in [0.3, 0.4) is 0 Å². The maximum Gasteiger partial charge on any atom is 0.214 e. The summed E-state index contributed by atoms with van der Waals surface area (Å²) >= 11 is 7.37. The molecule has 22 heavy (non-hydrogen) atoms. The van der Waals surface area contributed by atoms with Crippen molar-refractivity contribution in [1.82, 2.24) is 19.6 Å². The van der Waals surface area contributed by atoms with E-state index in [1.165, 1.54) is 34.7 Å². The maximum absolute atomic E-state index is 12.9. The first-order chi connectivity index (χ1) is 10.4. The lowest BCUT2D eigenvalue weighted by Crippen LogP contribution is -2.04. The predicted octanol–water partition coefficient (Wildman–Crippen LogP) is 2.64. The van der Waals surface area contributed by atoms with E-state index in [2.05, 4.69) is 15.1 Å². The van der Waals surface area contributed by atoms with Crippen molar-refractivity contribution in [3.05, 3.63) is 41.4 Å². The van der Waals surface area contributed by atoms with Gasteiger partial charge in [-0.05, 0) is 31.4 Å². The Morgan fingerprint density at radius 2 is 2.14 bits per heavy atom. The zero-order chi connectivity index (χ0) is 15.9. The van der Waals surface area contributed by atoms with Gasteiger partial charge in [0, 0.05) is 18.1 Å². The molecule has 0 saturated carbocycles. The Bertz CT molecular complexity index is 955. The Morgan fingerprint density at radius 1 is 1.36 bits per heavy atom. The largest absolute Gasteiger partial charge is 0.263 e. The molecule has 0 saturated heterocycles. The molecule has 0 fully saturated rings. The topological polar surface area (TPSA) is 77.2 Å². The third-order valence-electron chi connectivity index (χ3n) is 3.01. The van der Waals surface area contributed by atoms with Gasteiger partial charge >= 0.3 is 0 Å². The molecule has 0 spiro atoms. The highest BCUT2D eigenvalue weighted by Gasteiger charge is 2.29. The SMILES string of the molecule is CSc1nn2c(Cl)cc(C)nc2c1S(=O)(=O)c1cccnc1. The molecule has 3 rings (SSSR count). The van der Waals surface area contributed by atoms with Crippen molar-refractivity contribution in [3.8, 4) is 0 Å². The molecule has 0 bridgehead atoms. The quantitative estimate of drug-likeness (QED) is 0.531. The van der Waals surface area contributed by atoms with Crippen LogP contribution in [-0.2, 0) is 9.84 Å². The van der Waals surface area contributed by atoms with E-state index in [1.54, 1.807) is 25.3 Å². The highest BCUT2D eigenvalue weighted by Crippen LogP contribution is 2.33. The molecule has 0 aromatic carbocycles. The Labute approximate surface area is 136 Å². The lowest BCUT2D eigenvalue weighted by molar-refractivity contribution is 0.594. The second kappa shape index (κ2) is 5.53. The zero-order valence-electron chi connectivity index (χ0n) is 11.7. The van der Waals surface area contributed by atoms with E-state index in [4.69, 9.17) is 11.6 Å². The molecular weight excluding hydrogens is 344 g/mol. The summed E-state index contributed by atoms with van der Waals surface area (Å²) in [5, 5.41) is 4.91. The number of hydrogen-bond donors (Lipinski definition) is 0. The van der Waals surface area contributed by atoms with Crippen LogP contribution in [0, 0.1) is 6.92 Å². The first-order valence-corrected chi connectivity index (χ1v) is 9.28. The normalized spacial score (nSPS) is 12.0. The minimum atomic E-state index is -3.79. The Kier molecular flexibility index (Phi) is 3.84. The first-order valence-electron chi connectivity index (χ1n) is 6.20. The number of pyridine rings is 1. The molecule has 0 unspecified atom stereocenters. The molecule has 3 heterocycles. The molecule has 0 aliphatic carbocycles. The van der Waals surface area contributed by atoms with Crippen molar-refractivity contribution in [2.75, 3.05) is 6.26 Å². The second-order valence-corrected chi connectivity index (χ2v) is 7.55. The Morgan fingerprint density at radius 3 is 2.77 bits per heavy atom. The first kappa shape index (κ1) is 15.3. The fourth-order valence-electron chi connectivity index (χ4n) is 2.05. The van der Waals surface area contributed by atoms with Gasteiger partial charge < -0.3 is 0 Å². The van der Waals surface area contributed by atoms with Gasteiger partial charge in [-0.3, -0.25) is 4.98 Å². The van der Waals surface area contributed by atoms with Crippen LogP contribution in [0.5, 0.6) is 0 Å². The molecule has 6 nitrogen and oxygen atoms in total. The summed E-state index contributed by atoms with van der Waals surface area (Å²) in [6.45, 7) is 1.75. The minimum Gasteiger partial charge on any atom is -0.263 e. The van der Waals surface area contributed by atoms with Crippen LogP contribution in [0.1, 0.15) is 5.69 Å². The monoisotopic (exact) mass is 354 g/mol. The summed E-state index contributed by atoms with van der Waals surface area (Å²) in [7, 11) is -3.79. The number of sulfone groups is 1. The second-order valence-electron chi connectivity index (χ2n) is 4.49. The van der Waals surface area contributed by atoms with Crippen LogP contribution in [0.4, 0.5) is 0 Å². The smallest absolute Gasteiger partial charge is 0.214 e. The lowest BCUT2D eigenvalue weighted by atomic mass is 10.4. The van der Waals surface area contributed by atoms with Crippen LogP contribution in [0.2, 0.25) is 5.15 Å². The van der Waals surface area contributed by atoms with Gasteiger partial charge in [-0.1, -0.05) is 11.6 Å². The summed E-state index contributed by atoms with van der Waals surface area (Å²) in [6, 6.07) is 4.70. The zero-order valence-corrected chi connectivity index (χ0v) is 14.1. The van der Waals surface area contributed by atoms with Crippen molar-refractivity contribution in [3.63, 3.8) is 0 Å². The van der Waals surface area contributed by atoms with E-state index in [-0.39, 0.29) is 15.4 Å². The summed E-state index contributed by atoms with van der Waals surface area (Å²) in [6.07, 6.45) is 4.58. The number of hydrogen-bond acceptors (Lipinski definition) is 6. The average molecular weight is 355 g/mol. The van der Waals surface area contributed by atoms with Crippen molar-refractivity contribution in [1.29, 1.82) is 0 Å². The molecule has 3 aromatic heterocycles. The van der Waals surface area contributed by atoms with Gasteiger partial charge in [-0.2, -0.15) is 5.10 Å². The molecule has 114 valence electrons. The number of aryl methyl sites for hydroxylation is 1. The number of halogens is 1. The summed E-state index contributed by atoms with van der Waals surface area (Å²) in [4.78, 5) is 8.32. The Hall–Kier alpha value is -1.64. The van der Waals surface area contributed by atoms with Crippen LogP contribution in [0.25, 0.3) is 5.65 Å². The van der Waals surface area contributed by atoms with E-state index < -0.39 is 9.84 Å². The number of thioether (sulfide) groups is 1. The average Bonchev–Trinajstić information content (AvgIpc) is 2.87. The van der Waals surface area contributed by atoms with Gasteiger partial charge in [0.25, 0.3) is 0 Å². The fraction of sp³-hybridized carbons (Fsp3) is 0.154. The number of aromatic nitrogens is 4. The molecule has 0 aliphatic rings. The Balaban J connectivity index is 2.40. The van der Waals surface area contributed by atoms with E-state index in [1.807, 2.05) is 0 Å². The van der Waals surface area contributed by atoms with Gasteiger partial charge in [-0.25, -0.2) is 17.9 Å². The molecule has 9 heteroatoms. The van der Waals surface area contributed by atoms with Crippen molar-refractivity contribution in [2.24, 2.45) is 0 Å². The molecule has 0 N–H and O–H groups in total.